The summed E-state index contributed by atoms with van der Waals surface area (Å²) in [5, 5.41) is 0. The molecule has 0 aromatic heterocycles. The monoisotopic (exact) mass is 207 g/mol. The van der Waals surface area contributed by atoms with Crippen molar-refractivity contribution in [2.24, 2.45) is 5.73 Å². The summed E-state index contributed by atoms with van der Waals surface area (Å²) in [4.78, 5) is 0. The van der Waals surface area contributed by atoms with Gasteiger partial charge in [0.05, 0.1) is 5.60 Å². The zero-order valence-corrected chi connectivity index (χ0v) is 9.86. The van der Waals surface area contributed by atoms with Gasteiger partial charge in [0.1, 0.15) is 0 Å². The molecule has 1 aromatic rings. The second-order valence-electron chi connectivity index (χ2n) is 4.17. The third-order valence-electron chi connectivity index (χ3n) is 3.25. The van der Waals surface area contributed by atoms with Crippen molar-refractivity contribution in [3.8, 4) is 0 Å². The Kier molecular flexibility index (Phi) is 4.30. The number of ether oxygens (including phenoxy) is 1. The van der Waals surface area contributed by atoms with Gasteiger partial charge in [0.15, 0.2) is 0 Å². The average molecular weight is 207 g/mol. The molecule has 0 aliphatic heterocycles. The van der Waals surface area contributed by atoms with Crippen molar-refractivity contribution in [1.82, 2.24) is 0 Å². The molecule has 1 aromatic carbocycles. The fraction of sp³-hybridized carbons (Fsp3) is 0.538. The lowest BCUT2D eigenvalue weighted by Crippen LogP contribution is -2.48. The van der Waals surface area contributed by atoms with Gasteiger partial charge >= 0.3 is 0 Å². The van der Waals surface area contributed by atoms with Crippen LogP contribution >= 0.6 is 0 Å². The van der Waals surface area contributed by atoms with Crippen molar-refractivity contribution in [2.45, 2.75) is 38.3 Å². The summed E-state index contributed by atoms with van der Waals surface area (Å²) in [5.41, 5.74) is 7.22. The van der Waals surface area contributed by atoms with Crippen molar-refractivity contribution in [1.29, 1.82) is 0 Å². The van der Waals surface area contributed by atoms with E-state index < -0.39 is 0 Å². The fourth-order valence-corrected chi connectivity index (χ4v) is 1.64. The Bertz CT molecular complexity index is 280. The molecule has 84 valence electrons. The van der Waals surface area contributed by atoms with Gasteiger partial charge in [0.2, 0.25) is 0 Å². The summed E-state index contributed by atoms with van der Waals surface area (Å²) in [6.45, 7) is 4.18. The van der Waals surface area contributed by atoms with Gasteiger partial charge in [0, 0.05) is 13.2 Å². The minimum atomic E-state index is -0.226. The second-order valence-corrected chi connectivity index (χ2v) is 4.17. The first-order valence-corrected chi connectivity index (χ1v) is 5.47. The third-order valence-corrected chi connectivity index (χ3v) is 3.25. The molecule has 0 saturated heterocycles. The summed E-state index contributed by atoms with van der Waals surface area (Å²) < 4.78 is 5.50. The summed E-state index contributed by atoms with van der Waals surface area (Å²) in [6.07, 6.45) is 1.79. The van der Waals surface area contributed by atoms with Crippen LogP contribution in [-0.4, -0.2) is 18.8 Å². The van der Waals surface area contributed by atoms with E-state index in [9.17, 15) is 0 Å². The van der Waals surface area contributed by atoms with E-state index >= 15 is 0 Å². The lowest BCUT2D eigenvalue weighted by atomic mass is 9.89. The molecular weight excluding hydrogens is 186 g/mol. The van der Waals surface area contributed by atoms with Crippen LogP contribution in [0.5, 0.6) is 0 Å². The zero-order valence-electron chi connectivity index (χ0n) is 9.86. The van der Waals surface area contributed by atoms with Gasteiger partial charge in [-0.25, -0.2) is 0 Å². The molecule has 2 heteroatoms. The molecule has 0 bridgehead atoms. The van der Waals surface area contributed by atoms with Crippen molar-refractivity contribution in [2.75, 3.05) is 7.11 Å². The summed E-state index contributed by atoms with van der Waals surface area (Å²) in [5.74, 6) is 0. The molecule has 0 radical (unpaired) electrons. The highest BCUT2D eigenvalue weighted by Crippen LogP contribution is 2.20. The van der Waals surface area contributed by atoms with Gasteiger partial charge in [-0.3, -0.25) is 0 Å². The molecule has 2 unspecified atom stereocenters. The van der Waals surface area contributed by atoms with Crippen LogP contribution in [0.15, 0.2) is 30.3 Å². The van der Waals surface area contributed by atoms with Crippen LogP contribution in [0.2, 0.25) is 0 Å². The van der Waals surface area contributed by atoms with Gasteiger partial charge in [-0.2, -0.15) is 0 Å². The van der Waals surface area contributed by atoms with Gasteiger partial charge in [0.25, 0.3) is 0 Å². The lowest BCUT2D eigenvalue weighted by molar-refractivity contribution is -0.0184. The van der Waals surface area contributed by atoms with E-state index in [2.05, 4.69) is 26.0 Å². The minimum absolute atomic E-state index is 0.0369. The number of hydrogen-bond donors (Lipinski definition) is 1. The highest BCUT2D eigenvalue weighted by Gasteiger charge is 2.29. The predicted octanol–water partition coefficient (Wildman–Crippen LogP) is 2.37. The Morgan fingerprint density at radius 1 is 1.33 bits per heavy atom. The van der Waals surface area contributed by atoms with Gasteiger partial charge < -0.3 is 10.5 Å². The van der Waals surface area contributed by atoms with Crippen LogP contribution in [0.1, 0.15) is 25.8 Å². The van der Waals surface area contributed by atoms with Crippen molar-refractivity contribution in [3.05, 3.63) is 35.9 Å². The summed E-state index contributed by atoms with van der Waals surface area (Å²) in [7, 11) is 1.73. The van der Waals surface area contributed by atoms with Crippen LogP contribution < -0.4 is 5.73 Å². The molecular formula is C13H21NO. The maximum atomic E-state index is 6.18. The lowest BCUT2D eigenvalue weighted by Gasteiger charge is -2.33. The van der Waals surface area contributed by atoms with Crippen LogP contribution in [0.3, 0.4) is 0 Å². The highest BCUT2D eigenvalue weighted by atomic mass is 16.5. The molecule has 15 heavy (non-hydrogen) atoms. The molecule has 2 N–H and O–H groups in total. The predicted molar refractivity (Wildman–Crippen MR) is 63.8 cm³/mol. The Labute approximate surface area is 92.4 Å². The summed E-state index contributed by atoms with van der Waals surface area (Å²) in [6, 6.07) is 10.3. The Balaban J connectivity index is 2.66. The topological polar surface area (TPSA) is 35.2 Å². The molecule has 0 saturated carbocycles. The van der Waals surface area contributed by atoms with Crippen LogP contribution in [0.4, 0.5) is 0 Å². The Morgan fingerprint density at radius 2 is 1.93 bits per heavy atom. The molecule has 0 aliphatic rings. The van der Waals surface area contributed by atoms with E-state index in [1.54, 1.807) is 7.11 Å². The largest absolute Gasteiger partial charge is 0.377 e. The molecule has 0 fully saturated rings. The van der Waals surface area contributed by atoms with Crippen molar-refractivity contribution >= 4 is 0 Å². The van der Waals surface area contributed by atoms with Gasteiger partial charge in [-0.15, -0.1) is 0 Å². The number of rotatable bonds is 5. The standard InChI is InChI=1S/C13H21NO/c1-4-13(2,15-3)12(14)10-11-8-6-5-7-9-11/h5-9,12H,4,10,14H2,1-3H3. The average Bonchev–Trinajstić information content (AvgIpc) is 2.29. The van der Waals surface area contributed by atoms with Crippen LogP contribution in [0, 0.1) is 0 Å². The number of benzene rings is 1. The molecule has 2 atom stereocenters. The quantitative estimate of drug-likeness (QED) is 0.804. The molecule has 0 aliphatic carbocycles. The van der Waals surface area contributed by atoms with Gasteiger partial charge in [-0.1, -0.05) is 37.3 Å². The number of hydrogen-bond acceptors (Lipinski definition) is 2. The molecule has 0 amide bonds. The molecule has 1 rings (SSSR count). The van der Waals surface area contributed by atoms with E-state index in [1.165, 1.54) is 5.56 Å². The maximum Gasteiger partial charge on any atom is 0.0801 e. The van der Waals surface area contributed by atoms with Crippen LogP contribution in [-0.2, 0) is 11.2 Å². The minimum Gasteiger partial charge on any atom is -0.377 e. The van der Waals surface area contributed by atoms with E-state index in [4.69, 9.17) is 10.5 Å². The van der Waals surface area contributed by atoms with E-state index in [1.807, 2.05) is 18.2 Å². The van der Waals surface area contributed by atoms with E-state index in [0.717, 1.165) is 12.8 Å². The smallest absolute Gasteiger partial charge is 0.0801 e. The first-order chi connectivity index (χ1) is 7.12. The molecule has 2 nitrogen and oxygen atoms in total. The molecule has 0 spiro atoms. The zero-order chi connectivity index (χ0) is 11.3. The number of nitrogens with two attached hydrogens (primary N) is 1. The third kappa shape index (κ3) is 3.05. The first kappa shape index (κ1) is 12.2. The van der Waals surface area contributed by atoms with Gasteiger partial charge in [-0.05, 0) is 25.3 Å². The Morgan fingerprint density at radius 3 is 2.40 bits per heavy atom. The molecule has 0 heterocycles. The highest BCUT2D eigenvalue weighted by molar-refractivity contribution is 5.16. The Hall–Kier alpha value is -0.860. The maximum absolute atomic E-state index is 6.18. The van der Waals surface area contributed by atoms with E-state index in [-0.39, 0.29) is 11.6 Å². The van der Waals surface area contributed by atoms with E-state index in [0.29, 0.717) is 0 Å². The van der Waals surface area contributed by atoms with Crippen LogP contribution in [0.25, 0.3) is 0 Å². The second kappa shape index (κ2) is 5.29. The van der Waals surface area contributed by atoms with Crippen molar-refractivity contribution < 1.29 is 4.74 Å². The normalized spacial score (nSPS) is 17.1. The number of methoxy groups -OCH3 is 1. The summed E-state index contributed by atoms with van der Waals surface area (Å²) >= 11 is 0. The SMILES string of the molecule is CCC(C)(OC)C(N)Cc1ccccc1. The van der Waals surface area contributed by atoms with Crippen molar-refractivity contribution in [3.63, 3.8) is 0 Å². The first-order valence-electron chi connectivity index (χ1n) is 5.47. The fourth-order valence-electron chi connectivity index (χ4n) is 1.64.